The van der Waals surface area contributed by atoms with Crippen molar-refractivity contribution < 1.29 is 19.5 Å². The molecule has 0 aromatic heterocycles. The van der Waals surface area contributed by atoms with Crippen LogP contribution in [0.15, 0.2) is 12.2 Å². The SMILES string of the molecule is O=C/C=C/C(=O)NCCCCCC(=O)O. The second-order valence-electron chi connectivity index (χ2n) is 2.99. The van der Waals surface area contributed by atoms with Crippen LogP contribution in [0.2, 0.25) is 0 Å². The number of amides is 1. The molecule has 0 aromatic rings. The molecule has 0 aliphatic carbocycles. The number of carbonyl (C=O) groups excluding carboxylic acids is 2. The zero-order valence-corrected chi connectivity index (χ0v) is 8.44. The molecular weight excluding hydrogens is 198 g/mol. The molecule has 0 bridgehead atoms. The average Bonchev–Trinajstić information content (AvgIpc) is 2.19. The van der Waals surface area contributed by atoms with Gasteiger partial charge in [-0.15, -0.1) is 0 Å². The highest BCUT2D eigenvalue weighted by atomic mass is 16.4. The maximum absolute atomic E-state index is 10.9. The number of carbonyl (C=O) groups is 3. The fourth-order valence-electron chi connectivity index (χ4n) is 0.975. The van der Waals surface area contributed by atoms with Gasteiger partial charge >= 0.3 is 5.97 Å². The number of hydrogen-bond acceptors (Lipinski definition) is 3. The van der Waals surface area contributed by atoms with Crippen molar-refractivity contribution >= 4 is 18.2 Å². The summed E-state index contributed by atoms with van der Waals surface area (Å²) >= 11 is 0. The lowest BCUT2D eigenvalue weighted by Crippen LogP contribution is -2.22. The van der Waals surface area contributed by atoms with Gasteiger partial charge in [-0.25, -0.2) is 0 Å². The molecule has 15 heavy (non-hydrogen) atoms. The highest BCUT2D eigenvalue weighted by Gasteiger charge is 1.97. The smallest absolute Gasteiger partial charge is 0.303 e. The number of aliphatic carboxylic acids is 1. The zero-order valence-electron chi connectivity index (χ0n) is 8.44. The molecule has 0 spiro atoms. The third-order valence-electron chi connectivity index (χ3n) is 1.69. The van der Waals surface area contributed by atoms with E-state index in [1.165, 1.54) is 0 Å². The number of aldehydes is 1. The van der Waals surface area contributed by atoms with E-state index in [1.807, 2.05) is 0 Å². The normalized spacial score (nSPS) is 10.1. The maximum Gasteiger partial charge on any atom is 0.303 e. The predicted molar refractivity (Wildman–Crippen MR) is 54.3 cm³/mol. The molecule has 0 radical (unpaired) electrons. The van der Waals surface area contributed by atoms with E-state index < -0.39 is 5.97 Å². The Morgan fingerprint density at radius 1 is 1.20 bits per heavy atom. The summed E-state index contributed by atoms with van der Waals surface area (Å²) in [4.78, 5) is 30.9. The van der Waals surface area contributed by atoms with Gasteiger partial charge in [-0.2, -0.15) is 0 Å². The predicted octanol–water partition coefficient (Wildman–Crippen LogP) is 0.503. The van der Waals surface area contributed by atoms with Crippen LogP contribution in [0, 0.1) is 0 Å². The average molecular weight is 213 g/mol. The monoisotopic (exact) mass is 213 g/mol. The number of carboxylic acid groups (broad SMARTS) is 1. The third-order valence-corrected chi connectivity index (χ3v) is 1.69. The standard InChI is InChI=1S/C10H15NO4/c12-8-4-5-9(13)11-7-3-1-2-6-10(14)15/h4-5,8H,1-3,6-7H2,(H,11,13)(H,14,15)/b5-4+. The van der Waals surface area contributed by atoms with Crippen molar-refractivity contribution in [3.05, 3.63) is 12.2 Å². The number of rotatable bonds is 8. The Morgan fingerprint density at radius 3 is 2.53 bits per heavy atom. The largest absolute Gasteiger partial charge is 0.481 e. The fourth-order valence-corrected chi connectivity index (χ4v) is 0.975. The first-order valence-corrected chi connectivity index (χ1v) is 4.78. The number of carboxylic acids is 1. The van der Waals surface area contributed by atoms with Crippen molar-refractivity contribution in [2.24, 2.45) is 0 Å². The van der Waals surface area contributed by atoms with Gasteiger partial charge in [0.25, 0.3) is 0 Å². The molecule has 0 unspecified atom stereocenters. The highest BCUT2D eigenvalue weighted by molar-refractivity contribution is 5.90. The summed E-state index contributed by atoms with van der Waals surface area (Å²) in [5.74, 6) is -1.10. The van der Waals surface area contributed by atoms with Crippen molar-refractivity contribution in [1.82, 2.24) is 5.32 Å². The zero-order chi connectivity index (χ0) is 11.5. The molecule has 0 aliphatic rings. The van der Waals surface area contributed by atoms with Gasteiger partial charge < -0.3 is 10.4 Å². The Morgan fingerprint density at radius 2 is 1.93 bits per heavy atom. The van der Waals surface area contributed by atoms with Crippen LogP contribution in [0.1, 0.15) is 25.7 Å². The molecule has 0 rings (SSSR count). The van der Waals surface area contributed by atoms with E-state index in [0.29, 0.717) is 19.3 Å². The molecule has 5 heteroatoms. The van der Waals surface area contributed by atoms with E-state index in [2.05, 4.69) is 5.32 Å². The topological polar surface area (TPSA) is 83.5 Å². The Kier molecular flexibility index (Phi) is 7.94. The van der Waals surface area contributed by atoms with E-state index in [-0.39, 0.29) is 12.3 Å². The maximum atomic E-state index is 10.9. The molecule has 1 amide bonds. The van der Waals surface area contributed by atoms with Crippen LogP contribution in [0.25, 0.3) is 0 Å². The first-order valence-electron chi connectivity index (χ1n) is 4.78. The van der Waals surface area contributed by atoms with Gasteiger partial charge in [-0.3, -0.25) is 14.4 Å². The lowest BCUT2D eigenvalue weighted by Gasteiger charge is -2.00. The lowest BCUT2D eigenvalue weighted by atomic mass is 10.2. The Balaban J connectivity index is 3.31. The van der Waals surface area contributed by atoms with Crippen LogP contribution in [-0.4, -0.2) is 29.8 Å². The molecule has 0 saturated carbocycles. The molecule has 2 N–H and O–H groups in total. The van der Waals surface area contributed by atoms with E-state index in [1.54, 1.807) is 0 Å². The van der Waals surface area contributed by atoms with Crippen LogP contribution in [0.4, 0.5) is 0 Å². The Hall–Kier alpha value is -1.65. The van der Waals surface area contributed by atoms with Crippen molar-refractivity contribution in [3.63, 3.8) is 0 Å². The molecule has 0 saturated heterocycles. The fraction of sp³-hybridized carbons (Fsp3) is 0.500. The van der Waals surface area contributed by atoms with Gasteiger partial charge in [0.2, 0.25) is 5.91 Å². The highest BCUT2D eigenvalue weighted by Crippen LogP contribution is 1.98. The van der Waals surface area contributed by atoms with Gasteiger partial charge in [0.1, 0.15) is 6.29 Å². The van der Waals surface area contributed by atoms with Crippen LogP contribution in [0.3, 0.4) is 0 Å². The number of allylic oxidation sites excluding steroid dienone is 1. The van der Waals surface area contributed by atoms with Crippen LogP contribution in [-0.2, 0) is 14.4 Å². The van der Waals surface area contributed by atoms with Crippen molar-refractivity contribution in [2.75, 3.05) is 6.54 Å². The van der Waals surface area contributed by atoms with Crippen molar-refractivity contribution in [3.8, 4) is 0 Å². The van der Waals surface area contributed by atoms with Gasteiger partial charge in [-0.05, 0) is 18.9 Å². The second-order valence-corrected chi connectivity index (χ2v) is 2.99. The van der Waals surface area contributed by atoms with Crippen LogP contribution >= 0.6 is 0 Å². The summed E-state index contributed by atoms with van der Waals surface area (Å²) in [6, 6.07) is 0. The van der Waals surface area contributed by atoms with Crippen molar-refractivity contribution in [2.45, 2.75) is 25.7 Å². The summed E-state index contributed by atoms with van der Waals surface area (Å²) < 4.78 is 0. The minimum Gasteiger partial charge on any atom is -0.481 e. The quantitative estimate of drug-likeness (QED) is 0.349. The summed E-state index contributed by atoms with van der Waals surface area (Å²) in [7, 11) is 0. The molecule has 0 aromatic carbocycles. The van der Waals surface area contributed by atoms with E-state index in [4.69, 9.17) is 5.11 Å². The minimum atomic E-state index is -0.798. The van der Waals surface area contributed by atoms with Gasteiger partial charge in [0.05, 0.1) is 0 Å². The van der Waals surface area contributed by atoms with E-state index >= 15 is 0 Å². The minimum absolute atomic E-state index is 0.166. The van der Waals surface area contributed by atoms with Gasteiger partial charge in [0.15, 0.2) is 0 Å². The first-order chi connectivity index (χ1) is 7.16. The molecule has 0 atom stereocenters. The number of hydrogen-bond donors (Lipinski definition) is 2. The van der Waals surface area contributed by atoms with Crippen molar-refractivity contribution in [1.29, 1.82) is 0 Å². The molecule has 5 nitrogen and oxygen atoms in total. The summed E-state index contributed by atoms with van der Waals surface area (Å²) in [6.45, 7) is 0.502. The first kappa shape index (κ1) is 13.4. The summed E-state index contributed by atoms with van der Waals surface area (Å²) in [5, 5.41) is 10.9. The van der Waals surface area contributed by atoms with E-state index in [9.17, 15) is 14.4 Å². The second kappa shape index (κ2) is 8.93. The molecule has 0 fully saturated rings. The molecular formula is C10H15NO4. The van der Waals surface area contributed by atoms with Gasteiger partial charge in [-0.1, -0.05) is 6.42 Å². The Labute approximate surface area is 88.2 Å². The van der Waals surface area contributed by atoms with Gasteiger partial charge in [0, 0.05) is 19.0 Å². The lowest BCUT2D eigenvalue weighted by molar-refractivity contribution is -0.137. The Bertz CT molecular complexity index is 248. The number of nitrogens with one attached hydrogen (secondary N) is 1. The summed E-state index contributed by atoms with van der Waals surface area (Å²) in [6.07, 6.45) is 5.11. The van der Waals surface area contributed by atoms with E-state index in [0.717, 1.165) is 25.0 Å². The molecule has 0 heterocycles. The summed E-state index contributed by atoms with van der Waals surface area (Å²) in [5.41, 5.74) is 0. The third kappa shape index (κ3) is 10.3. The molecule has 84 valence electrons. The molecule has 0 aliphatic heterocycles. The number of unbranched alkanes of at least 4 members (excludes halogenated alkanes) is 2. The van der Waals surface area contributed by atoms with Crippen LogP contribution < -0.4 is 5.32 Å². The van der Waals surface area contributed by atoms with Crippen LogP contribution in [0.5, 0.6) is 0 Å².